The zero-order chi connectivity index (χ0) is 14.9. The number of benzene rings is 1. The number of hydrogen-bond acceptors (Lipinski definition) is 4. The van der Waals surface area contributed by atoms with Gasteiger partial charge in [-0.1, -0.05) is 12.1 Å². The van der Waals surface area contributed by atoms with Crippen molar-refractivity contribution >= 4 is 5.69 Å². The van der Waals surface area contributed by atoms with Crippen LogP contribution in [0.15, 0.2) is 24.3 Å². The highest BCUT2D eigenvalue weighted by Crippen LogP contribution is 2.34. The fourth-order valence-corrected chi connectivity index (χ4v) is 1.55. The molecule has 0 aliphatic rings. The van der Waals surface area contributed by atoms with Gasteiger partial charge in [-0.3, -0.25) is 10.1 Å². The maximum atomic E-state index is 13.4. The summed E-state index contributed by atoms with van der Waals surface area (Å²) in [6.07, 6.45) is 0. The summed E-state index contributed by atoms with van der Waals surface area (Å²) in [5, 5.41) is 10.9. The zero-order valence-electron chi connectivity index (χ0n) is 10.1. The fourth-order valence-electron chi connectivity index (χ4n) is 1.55. The summed E-state index contributed by atoms with van der Waals surface area (Å²) >= 11 is 0. The molecular formula is C12H7F3N2O3. The molecule has 0 saturated heterocycles. The molecule has 1 aromatic heterocycles. The van der Waals surface area contributed by atoms with Crippen LogP contribution >= 0.6 is 0 Å². The van der Waals surface area contributed by atoms with Gasteiger partial charge in [-0.05, 0) is 13.0 Å². The van der Waals surface area contributed by atoms with Crippen LogP contribution in [0.4, 0.5) is 18.9 Å². The van der Waals surface area contributed by atoms with Gasteiger partial charge in [0, 0.05) is 11.6 Å². The van der Waals surface area contributed by atoms with Crippen molar-refractivity contribution in [3.8, 4) is 11.6 Å². The Bertz CT molecular complexity index is 692. The van der Waals surface area contributed by atoms with E-state index in [2.05, 4.69) is 4.98 Å². The van der Waals surface area contributed by atoms with Crippen LogP contribution in [0.2, 0.25) is 0 Å². The maximum Gasteiger partial charge on any atom is 0.314 e. The molecular weight excluding hydrogens is 277 g/mol. The molecule has 104 valence electrons. The van der Waals surface area contributed by atoms with Crippen LogP contribution in [0.3, 0.4) is 0 Å². The van der Waals surface area contributed by atoms with Gasteiger partial charge in [-0.15, -0.1) is 0 Å². The minimum atomic E-state index is -1.56. The Morgan fingerprint density at radius 1 is 1.25 bits per heavy atom. The molecule has 2 aromatic rings. The number of aromatic nitrogens is 1. The largest absolute Gasteiger partial charge is 0.429 e. The Morgan fingerprint density at radius 2 is 1.95 bits per heavy atom. The third-order valence-corrected chi connectivity index (χ3v) is 2.44. The topological polar surface area (TPSA) is 65.3 Å². The molecule has 2 rings (SSSR count). The summed E-state index contributed by atoms with van der Waals surface area (Å²) in [4.78, 5) is 13.1. The van der Waals surface area contributed by atoms with Crippen molar-refractivity contribution < 1.29 is 22.8 Å². The van der Waals surface area contributed by atoms with Crippen LogP contribution in [-0.4, -0.2) is 9.91 Å². The second-order valence-corrected chi connectivity index (χ2v) is 3.83. The average Bonchev–Trinajstić information content (AvgIpc) is 2.35. The lowest BCUT2D eigenvalue weighted by molar-refractivity contribution is -0.386. The molecule has 0 amide bonds. The first-order valence-corrected chi connectivity index (χ1v) is 5.33. The summed E-state index contributed by atoms with van der Waals surface area (Å²) in [6.45, 7) is 1.46. The number of rotatable bonds is 3. The highest BCUT2D eigenvalue weighted by Gasteiger charge is 2.21. The van der Waals surface area contributed by atoms with E-state index in [0.29, 0.717) is 0 Å². The van der Waals surface area contributed by atoms with Crippen molar-refractivity contribution in [3.05, 3.63) is 57.5 Å². The van der Waals surface area contributed by atoms with Crippen LogP contribution < -0.4 is 4.74 Å². The predicted molar refractivity (Wildman–Crippen MR) is 62.0 cm³/mol. The number of halogens is 3. The van der Waals surface area contributed by atoms with E-state index in [0.717, 1.165) is 0 Å². The third-order valence-electron chi connectivity index (χ3n) is 2.44. The zero-order valence-corrected chi connectivity index (χ0v) is 10.1. The van der Waals surface area contributed by atoms with Crippen molar-refractivity contribution in [2.75, 3.05) is 0 Å². The van der Waals surface area contributed by atoms with Gasteiger partial charge in [0.05, 0.1) is 4.92 Å². The summed E-state index contributed by atoms with van der Waals surface area (Å²) in [6, 6.07) is 4.35. The molecule has 0 radical (unpaired) electrons. The van der Waals surface area contributed by atoms with Crippen molar-refractivity contribution in [2.24, 2.45) is 0 Å². The highest BCUT2D eigenvalue weighted by atomic mass is 19.2. The highest BCUT2D eigenvalue weighted by molar-refractivity contribution is 5.53. The number of aryl methyl sites for hydroxylation is 1. The van der Waals surface area contributed by atoms with E-state index < -0.39 is 34.1 Å². The van der Waals surface area contributed by atoms with Gasteiger partial charge in [0.15, 0.2) is 11.6 Å². The standard InChI is InChI=1S/C12H7F3N2O3/c1-6-3-2-4-9(10(6)17(18)19)20-12-8(14)5-7(13)11(15)16-12/h2-5H,1H3. The first-order valence-electron chi connectivity index (χ1n) is 5.33. The van der Waals surface area contributed by atoms with Gasteiger partial charge in [-0.25, -0.2) is 8.78 Å². The lowest BCUT2D eigenvalue weighted by Crippen LogP contribution is -2.01. The Labute approximate surface area is 110 Å². The summed E-state index contributed by atoms with van der Waals surface area (Å²) < 4.78 is 43.9. The molecule has 0 aliphatic heterocycles. The number of pyridine rings is 1. The molecule has 0 aliphatic carbocycles. The number of nitrogens with zero attached hydrogens (tertiary/aromatic N) is 2. The molecule has 0 saturated carbocycles. The molecule has 5 nitrogen and oxygen atoms in total. The Hall–Kier alpha value is -2.64. The summed E-state index contributed by atoms with van der Waals surface area (Å²) in [7, 11) is 0. The lowest BCUT2D eigenvalue weighted by Gasteiger charge is -2.07. The van der Waals surface area contributed by atoms with Crippen LogP contribution in [0, 0.1) is 34.6 Å². The number of nitro benzene ring substituents is 1. The normalized spacial score (nSPS) is 10.4. The van der Waals surface area contributed by atoms with Gasteiger partial charge < -0.3 is 4.74 Å². The van der Waals surface area contributed by atoms with Crippen molar-refractivity contribution in [2.45, 2.75) is 6.92 Å². The van der Waals surface area contributed by atoms with E-state index in [-0.39, 0.29) is 17.4 Å². The van der Waals surface area contributed by atoms with Gasteiger partial charge in [-0.2, -0.15) is 9.37 Å². The molecule has 20 heavy (non-hydrogen) atoms. The molecule has 0 N–H and O–H groups in total. The lowest BCUT2D eigenvalue weighted by atomic mass is 10.2. The summed E-state index contributed by atoms with van der Waals surface area (Å²) in [5.41, 5.74) is -0.131. The van der Waals surface area contributed by atoms with E-state index in [9.17, 15) is 23.3 Å². The van der Waals surface area contributed by atoms with Crippen molar-refractivity contribution in [3.63, 3.8) is 0 Å². The molecule has 0 fully saturated rings. The number of para-hydroxylation sites is 1. The minimum absolute atomic E-state index is 0.249. The van der Waals surface area contributed by atoms with Gasteiger partial charge in [0.25, 0.3) is 11.8 Å². The van der Waals surface area contributed by atoms with Crippen LogP contribution in [-0.2, 0) is 0 Å². The number of hydrogen-bond donors (Lipinski definition) is 0. The number of nitro groups is 1. The number of ether oxygens (including phenoxy) is 1. The first kappa shape index (κ1) is 13.8. The van der Waals surface area contributed by atoms with E-state index >= 15 is 0 Å². The molecule has 0 spiro atoms. The van der Waals surface area contributed by atoms with Gasteiger partial charge >= 0.3 is 5.69 Å². The Kier molecular flexibility index (Phi) is 3.55. The van der Waals surface area contributed by atoms with Crippen molar-refractivity contribution in [1.82, 2.24) is 4.98 Å². The summed E-state index contributed by atoms with van der Waals surface area (Å²) in [5.74, 6) is -5.49. The first-order chi connectivity index (χ1) is 9.40. The second kappa shape index (κ2) is 5.16. The SMILES string of the molecule is Cc1cccc(Oc2nc(F)c(F)cc2F)c1[N+](=O)[O-]. The maximum absolute atomic E-state index is 13.4. The van der Waals surface area contributed by atoms with E-state index in [1.54, 1.807) is 0 Å². The molecule has 0 unspecified atom stereocenters. The van der Waals surface area contributed by atoms with Crippen LogP contribution in [0.5, 0.6) is 11.6 Å². The third kappa shape index (κ3) is 2.53. The molecule has 1 aromatic carbocycles. The molecule has 0 atom stereocenters. The molecule has 0 bridgehead atoms. The van der Waals surface area contributed by atoms with Gasteiger partial charge in [0.2, 0.25) is 5.75 Å². The quantitative estimate of drug-likeness (QED) is 0.491. The van der Waals surface area contributed by atoms with Crippen molar-refractivity contribution in [1.29, 1.82) is 0 Å². The second-order valence-electron chi connectivity index (χ2n) is 3.83. The fraction of sp³-hybridized carbons (Fsp3) is 0.0833. The predicted octanol–water partition coefficient (Wildman–Crippen LogP) is 3.51. The Balaban J connectivity index is 2.48. The van der Waals surface area contributed by atoms with Crippen LogP contribution in [0.1, 0.15) is 5.56 Å². The van der Waals surface area contributed by atoms with Gasteiger partial charge in [0.1, 0.15) is 0 Å². The molecule has 8 heteroatoms. The van der Waals surface area contributed by atoms with Crippen LogP contribution in [0.25, 0.3) is 0 Å². The molecule has 1 heterocycles. The van der Waals surface area contributed by atoms with E-state index in [4.69, 9.17) is 4.74 Å². The minimum Gasteiger partial charge on any atom is -0.429 e. The average molecular weight is 284 g/mol. The smallest absolute Gasteiger partial charge is 0.314 e. The monoisotopic (exact) mass is 284 g/mol. The van der Waals surface area contributed by atoms with E-state index in [1.165, 1.54) is 25.1 Å². The van der Waals surface area contributed by atoms with E-state index in [1.807, 2.05) is 0 Å². The Morgan fingerprint density at radius 3 is 2.60 bits per heavy atom.